The number of hydrogen-bond acceptors (Lipinski definition) is 6. The van der Waals surface area contributed by atoms with E-state index < -0.39 is 10.7 Å². The molecule has 2 heterocycles. The number of amidine groups is 1. The van der Waals surface area contributed by atoms with Gasteiger partial charge in [0, 0.05) is 13.0 Å². The highest BCUT2D eigenvalue weighted by atomic mass is 32.2. The Morgan fingerprint density at radius 1 is 1.41 bits per heavy atom. The molecular weight excluding hydrogens is 304 g/mol. The second-order valence-corrected chi connectivity index (χ2v) is 6.31. The number of carbonyl (C=O) groups excluding carboxylic acids is 2. The first-order chi connectivity index (χ1) is 10.6. The normalized spacial score (nSPS) is 29.1. The predicted molar refractivity (Wildman–Crippen MR) is 83.0 cm³/mol. The fraction of sp³-hybridized carbons (Fsp3) is 0.400. The number of nitrogens with zero attached hydrogens (tertiary/aromatic N) is 1. The Morgan fingerprint density at radius 2 is 2.18 bits per heavy atom. The van der Waals surface area contributed by atoms with Crippen molar-refractivity contribution in [2.45, 2.75) is 24.2 Å². The number of cyclic esters (lactones) is 1. The van der Waals surface area contributed by atoms with Gasteiger partial charge >= 0.3 is 5.97 Å². The Kier molecular flexibility index (Phi) is 4.17. The van der Waals surface area contributed by atoms with Crippen LogP contribution < -0.4 is 5.32 Å². The van der Waals surface area contributed by atoms with Crippen molar-refractivity contribution in [3.05, 3.63) is 30.3 Å². The van der Waals surface area contributed by atoms with Gasteiger partial charge in [0.05, 0.1) is 12.3 Å². The highest BCUT2D eigenvalue weighted by Crippen LogP contribution is 2.43. The number of aliphatic imine (C=N–C) groups is 1. The van der Waals surface area contributed by atoms with E-state index in [0.29, 0.717) is 24.8 Å². The van der Waals surface area contributed by atoms with Crippen LogP contribution in [0.15, 0.2) is 35.3 Å². The first-order valence-corrected chi connectivity index (χ1v) is 7.89. The Morgan fingerprint density at radius 3 is 2.91 bits per heavy atom. The molecule has 0 aromatic heterocycles. The molecule has 0 radical (unpaired) electrons. The summed E-state index contributed by atoms with van der Waals surface area (Å²) >= 11 is 1.13. The van der Waals surface area contributed by atoms with Gasteiger partial charge in [-0.1, -0.05) is 30.0 Å². The zero-order chi connectivity index (χ0) is 15.6. The van der Waals surface area contributed by atoms with Crippen LogP contribution in [0.4, 0.5) is 5.69 Å². The van der Waals surface area contributed by atoms with Gasteiger partial charge in [0.15, 0.2) is 5.17 Å². The van der Waals surface area contributed by atoms with E-state index in [0.717, 1.165) is 17.4 Å². The van der Waals surface area contributed by atoms with Crippen molar-refractivity contribution in [3.63, 3.8) is 0 Å². The number of ether oxygens (including phenoxy) is 2. The van der Waals surface area contributed by atoms with E-state index in [1.165, 1.54) is 0 Å². The van der Waals surface area contributed by atoms with Gasteiger partial charge in [-0.25, -0.2) is 9.79 Å². The third kappa shape index (κ3) is 2.74. The molecule has 0 unspecified atom stereocenters. The standard InChI is InChI=1S/C15H16N2O4S/c1-2-20-9-11-8-15(13(19)21-11)12(18)17-14(22-15)16-10-6-4-3-5-7-10/h3-7,11H,2,8-9H2,1H3,(H,16,17,18)/t11-,15+/m0/s1. The molecule has 0 saturated carbocycles. The van der Waals surface area contributed by atoms with Gasteiger partial charge in [-0.3, -0.25) is 4.79 Å². The SMILES string of the molecule is CCOC[C@@H]1C[C@]2(SC(=Nc3ccccc3)NC2=O)C(=O)O1. The Hall–Kier alpha value is -1.86. The first kappa shape index (κ1) is 15.1. The summed E-state index contributed by atoms with van der Waals surface area (Å²) in [7, 11) is 0. The summed E-state index contributed by atoms with van der Waals surface area (Å²) in [5, 5.41) is 3.10. The Bertz CT molecular complexity index is 619. The molecule has 2 atom stereocenters. The maximum absolute atomic E-state index is 12.3. The van der Waals surface area contributed by atoms with Crippen molar-refractivity contribution in [1.82, 2.24) is 5.32 Å². The summed E-state index contributed by atoms with van der Waals surface area (Å²) in [5.41, 5.74) is 0.722. The van der Waals surface area contributed by atoms with E-state index in [1.54, 1.807) is 0 Å². The average molecular weight is 320 g/mol. The minimum atomic E-state index is -1.23. The van der Waals surface area contributed by atoms with Crippen LogP contribution in [0, 0.1) is 0 Å². The molecular formula is C15H16N2O4S. The van der Waals surface area contributed by atoms with E-state index in [9.17, 15) is 9.59 Å². The van der Waals surface area contributed by atoms with Crippen LogP contribution in [0.2, 0.25) is 0 Å². The highest BCUT2D eigenvalue weighted by molar-refractivity contribution is 8.17. The lowest BCUT2D eigenvalue weighted by Crippen LogP contribution is -2.40. The van der Waals surface area contributed by atoms with Crippen LogP contribution in [-0.2, 0) is 19.1 Å². The molecule has 22 heavy (non-hydrogen) atoms. The molecule has 1 spiro atoms. The van der Waals surface area contributed by atoms with Crippen LogP contribution in [0.1, 0.15) is 13.3 Å². The average Bonchev–Trinajstić information content (AvgIpc) is 2.99. The van der Waals surface area contributed by atoms with E-state index in [2.05, 4.69) is 10.3 Å². The van der Waals surface area contributed by atoms with Gasteiger partial charge in [0.1, 0.15) is 6.10 Å². The number of amides is 1. The number of esters is 1. The smallest absolute Gasteiger partial charge is 0.332 e. The lowest BCUT2D eigenvalue weighted by atomic mass is 10.0. The van der Waals surface area contributed by atoms with Crippen LogP contribution in [0.3, 0.4) is 0 Å². The third-order valence-corrected chi connectivity index (χ3v) is 4.73. The van der Waals surface area contributed by atoms with Crippen molar-refractivity contribution in [2.24, 2.45) is 4.99 Å². The number of rotatable bonds is 4. The van der Waals surface area contributed by atoms with Gasteiger partial charge in [-0.05, 0) is 19.1 Å². The van der Waals surface area contributed by atoms with Crippen LogP contribution in [-0.4, -0.2) is 41.1 Å². The molecule has 0 aliphatic carbocycles. The summed E-state index contributed by atoms with van der Waals surface area (Å²) in [4.78, 5) is 28.8. The largest absolute Gasteiger partial charge is 0.458 e. The van der Waals surface area contributed by atoms with E-state index in [-0.39, 0.29) is 12.0 Å². The molecule has 1 amide bonds. The molecule has 3 rings (SSSR count). The predicted octanol–water partition coefficient (Wildman–Crippen LogP) is 1.63. The summed E-state index contributed by atoms with van der Waals surface area (Å²) in [6.45, 7) is 2.72. The number of thioether (sulfide) groups is 1. The molecule has 1 aromatic carbocycles. The van der Waals surface area contributed by atoms with Crippen molar-refractivity contribution in [1.29, 1.82) is 0 Å². The van der Waals surface area contributed by atoms with E-state index in [1.807, 2.05) is 37.3 Å². The summed E-state index contributed by atoms with van der Waals surface area (Å²) in [5.74, 6) is -0.880. The molecule has 1 N–H and O–H groups in total. The molecule has 2 aliphatic rings. The maximum atomic E-state index is 12.3. The van der Waals surface area contributed by atoms with Gasteiger partial charge in [0.25, 0.3) is 5.91 Å². The Labute approximate surface area is 132 Å². The second kappa shape index (κ2) is 6.10. The molecule has 2 aliphatic heterocycles. The molecule has 7 heteroatoms. The molecule has 116 valence electrons. The molecule has 0 bridgehead atoms. The van der Waals surface area contributed by atoms with Crippen LogP contribution in [0.5, 0.6) is 0 Å². The van der Waals surface area contributed by atoms with Crippen molar-refractivity contribution in [3.8, 4) is 0 Å². The van der Waals surface area contributed by atoms with Gasteiger partial charge in [0.2, 0.25) is 4.75 Å². The third-order valence-electron chi connectivity index (χ3n) is 3.47. The number of nitrogens with one attached hydrogen (secondary N) is 1. The zero-order valence-corrected chi connectivity index (χ0v) is 12.9. The summed E-state index contributed by atoms with van der Waals surface area (Å²) in [6.07, 6.45) is -0.0855. The summed E-state index contributed by atoms with van der Waals surface area (Å²) in [6, 6.07) is 9.26. The van der Waals surface area contributed by atoms with Gasteiger partial charge in [-0.15, -0.1) is 0 Å². The molecule has 2 saturated heterocycles. The fourth-order valence-corrected chi connectivity index (χ4v) is 3.58. The highest BCUT2D eigenvalue weighted by Gasteiger charge is 2.60. The van der Waals surface area contributed by atoms with Crippen LogP contribution >= 0.6 is 11.8 Å². The topological polar surface area (TPSA) is 77.0 Å². The quantitative estimate of drug-likeness (QED) is 0.674. The minimum Gasteiger partial charge on any atom is -0.458 e. The summed E-state index contributed by atoms with van der Waals surface area (Å²) < 4.78 is 9.32. The second-order valence-electron chi connectivity index (χ2n) is 5.03. The molecule has 1 aromatic rings. The van der Waals surface area contributed by atoms with Crippen LogP contribution in [0.25, 0.3) is 0 Å². The number of hydrogen-bond donors (Lipinski definition) is 1. The monoisotopic (exact) mass is 320 g/mol. The van der Waals surface area contributed by atoms with E-state index in [4.69, 9.17) is 9.47 Å². The lowest BCUT2D eigenvalue weighted by molar-refractivity contribution is -0.146. The van der Waals surface area contributed by atoms with Gasteiger partial charge in [-0.2, -0.15) is 0 Å². The number of carbonyl (C=O) groups is 2. The maximum Gasteiger partial charge on any atom is 0.332 e. The Balaban J connectivity index is 1.77. The van der Waals surface area contributed by atoms with Gasteiger partial charge < -0.3 is 14.8 Å². The number of benzene rings is 1. The number of para-hydroxylation sites is 1. The van der Waals surface area contributed by atoms with Crippen molar-refractivity contribution >= 4 is 34.5 Å². The first-order valence-electron chi connectivity index (χ1n) is 7.07. The molecule has 2 fully saturated rings. The fourth-order valence-electron chi connectivity index (χ4n) is 2.41. The minimum absolute atomic E-state index is 0.302. The van der Waals surface area contributed by atoms with E-state index >= 15 is 0 Å². The molecule has 6 nitrogen and oxygen atoms in total. The van der Waals surface area contributed by atoms with Crippen molar-refractivity contribution < 1.29 is 19.1 Å². The van der Waals surface area contributed by atoms with Crippen molar-refractivity contribution in [2.75, 3.05) is 13.2 Å². The lowest BCUT2D eigenvalue weighted by Gasteiger charge is -2.11. The zero-order valence-electron chi connectivity index (χ0n) is 12.1.